The van der Waals surface area contributed by atoms with Crippen LogP contribution in [0.5, 0.6) is 0 Å². The lowest BCUT2D eigenvalue weighted by Gasteiger charge is -2.18. The Morgan fingerprint density at radius 2 is 1.59 bits per heavy atom. The number of amides is 1. The fourth-order valence-electron chi connectivity index (χ4n) is 2.18. The standard InChI is InChI=1S/C14H10FNO/c15-14(10-6-2-1-3-7-10)11-8-4-5-9-12(11)16-13(14)17/h1-9H,(H,16,17)/t14-/m0/s1. The molecule has 0 saturated heterocycles. The number of para-hydroxylation sites is 1. The first-order valence-electron chi connectivity index (χ1n) is 5.38. The summed E-state index contributed by atoms with van der Waals surface area (Å²) in [6.45, 7) is 0. The molecule has 1 aliphatic heterocycles. The number of fused-ring (bicyclic) bond motifs is 1. The summed E-state index contributed by atoms with van der Waals surface area (Å²) in [5.41, 5.74) is -0.778. The lowest BCUT2D eigenvalue weighted by molar-refractivity contribution is -0.124. The van der Waals surface area contributed by atoms with Gasteiger partial charge in [-0.15, -0.1) is 0 Å². The second kappa shape index (κ2) is 3.42. The van der Waals surface area contributed by atoms with Gasteiger partial charge < -0.3 is 5.32 Å². The third-order valence-electron chi connectivity index (χ3n) is 3.03. The largest absolute Gasteiger partial charge is 0.322 e. The van der Waals surface area contributed by atoms with E-state index in [1.165, 1.54) is 0 Å². The van der Waals surface area contributed by atoms with Crippen molar-refractivity contribution in [3.8, 4) is 0 Å². The third kappa shape index (κ3) is 1.29. The van der Waals surface area contributed by atoms with E-state index in [4.69, 9.17) is 0 Å². The number of carbonyl (C=O) groups excluding carboxylic acids is 1. The van der Waals surface area contributed by atoms with Crippen molar-refractivity contribution in [2.24, 2.45) is 0 Å². The minimum atomic E-state index is -2.07. The van der Waals surface area contributed by atoms with Gasteiger partial charge in [-0.05, 0) is 6.07 Å². The number of benzene rings is 2. The van der Waals surface area contributed by atoms with Crippen LogP contribution in [0, 0.1) is 0 Å². The minimum Gasteiger partial charge on any atom is -0.322 e. The van der Waals surface area contributed by atoms with Crippen molar-refractivity contribution in [2.75, 3.05) is 5.32 Å². The average molecular weight is 227 g/mol. The Kier molecular flexibility index (Phi) is 2.01. The van der Waals surface area contributed by atoms with Crippen LogP contribution >= 0.6 is 0 Å². The first-order valence-corrected chi connectivity index (χ1v) is 5.38. The van der Waals surface area contributed by atoms with Crippen molar-refractivity contribution in [1.82, 2.24) is 0 Å². The molecule has 0 spiro atoms. The van der Waals surface area contributed by atoms with Crippen LogP contribution in [0.1, 0.15) is 11.1 Å². The van der Waals surface area contributed by atoms with Crippen LogP contribution in [0.2, 0.25) is 0 Å². The van der Waals surface area contributed by atoms with E-state index in [0.29, 0.717) is 16.8 Å². The van der Waals surface area contributed by atoms with Crippen molar-refractivity contribution in [3.63, 3.8) is 0 Å². The smallest absolute Gasteiger partial charge is 0.271 e. The molecule has 0 bridgehead atoms. The highest BCUT2D eigenvalue weighted by Crippen LogP contribution is 2.43. The van der Waals surface area contributed by atoms with Crippen LogP contribution in [0.15, 0.2) is 54.6 Å². The lowest BCUT2D eigenvalue weighted by Crippen LogP contribution is -2.30. The number of hydrogen-bond acceptors (Lipinski definition) is 1. The van der Waals surface area contributed by atoms with E-state index in [0.717, 1.165) is 0 Å². The van der Waals surface area contributed by atoms with Gasteiger partial charge in [-0.1, -0.05) is 48.5 Å². The summed E-state index contributed by atoms with van der Waals surface area (Å²) in [4.78, 5) is 11.9. The third-order valence-corrected chi connectivity index (χ3v) is 3.03. The molecule has 1 atom stereocenters. The Balaban J connectivity index is 2.24. The van der Waals surface area contributed by atoms with Gasteiger partial charge in [-0.2, -0.15) is 0 Å². The molecular weight excluding hydrogens is 217 g/mol. The average Bonchev–Trinajstić information content (AvgIpc) is 2.64. The number of nitrogens with one attached hydrogen (secondary N) is 1. The second-order valence-corrected chi connectivity index (χ2v) is 4.02. The summed E-state index contributed by atoms with van der Waals surface area (Å²) < 4.78 is 15.0. The van der Waals surface area contributed by atoms with Gasteiger partial charge in [-0.3, -0.25) is 4.79 Å². The van der Waals surface area contributed by atoms with Gasteiger partial charge in [0.1, 0.15) is 0 Å². The molecule has 3 rings (SSSR count). The van der Waals surface area contributed by atoms with E-state index in [-0.39, 0.29) is 0 Å². The molecule has 17 heavy (non-hydrogen) atoms. The van der Waals surface area contributed by atoms with E-state index < -0.39 is 11.6 Å². The van der Waals surface area contributed by atoms with Crippen molar-refractivity contribution in [1.29, 1.82) is 0 Å². The minimum absolute atomic E-state index is 0.363. The highest BCUT2D eigenvalue weighted by atomic mass is 19.1. The maximum Gasteiger partial charge on any atom is 0.271 e. The van der Waals surface area contributed by atoms with Gasteiger partial charge >= 0.3 is 0 Å². The van der Waals surface area contributed by atoms with E-state index in [1.54, 1.807) is 54.6 Å². The number of rotatable bonds is 1. The van der Waals surface area contributed by atoms with Gasteiger partial charge in [0.05, 0.1) is 0 Å². The monoisotopic (exact) mass is 227 g/mol. The first kappa shape index (κ1) is 10.0. The number of alkyl halides is 1. The molecule has 1 aliphatic rings. The van der Waals surface area contributed by atoms with Crippen molar-refractivity contribution >= 4 is 11.6 Å². The number of anilines is 1. The van der Waals surface area contributed by atoms with Crippen LogP contribution in [-0.4, -0.2) is 5.91 Å². The molecule has 0 unspecified atom stereocenters. The zero-order valence-corrected chi connectivity index (χ0v) is 8.98. The molecule has 0 fully saturated rings. The molecule has 0 saturated carbocycles. The summed E-state index contributed by atoms with van der Waals surface area (Å²) in [5.74, 6) is -0.620. The van der Waals surface area contributed by atoms with E-state index in [2.05, 4.69) is 5.32 Å². The van der Waals surface area contributed by atoms with Crippen LogP contribution < -0.4 is 5.32 Å². The zero-order chi connectivity index (χ0) is 11.9. The second-order valence-electron chi connectivity index (χ2n) is 4.02. The van der Waals surface area contributed by atoms with Crippen LogP contribution in [0.4, 0.5) is 10.1 Å². The molecule has 1 N–H and O–H groups in total. The number of halogens is 1. The Bertz CT molecular complexity index is 582. The quantitative estimate of drug-likeness (QED) is 0.797. The molecule has 2 aromatic rings. The fraction of sp³-hybridized carbons (Fsp3) is 0.0714. The van der Waals surface area contributed by atoms with Crippen LogP contribution in [0.3, 0.4) is 0 Å². The predicted octanol–water partition coefficient (Wildman–Crippen LogP) is 2.85. The van der Waals surface area contributed by atoms with Gasteiger partial charge in [-0.25, -0.2) is 4.39 Å². The Morgan fingerprint density at radius 3 is 2.35 bits per heavy atom. The molecule has 2 nitrogen and oxygen atoms in total. The number of hydrogen-bond donors (Lipinski definition) is 1. The number of carbonyl (C=O) groups is 1. The van der Waals surface area contributed by atoms with Crippen LogP contribution in [0.25, 0.3) is 0 Å². The molecule has 0 radical (unpaired) electrons. The SMILES string of the molecule is O=C1Nc2ccccc2[C@@]1(F)c1ccccc1. The van der Waals surface area contributed by atoms with Gasteiger partial charge in [0.25, 0.3) is 5.91 Å². The summed E-state index contributed by atoms with van der Waals surface area (Å²) in [5, 5.41) is 2.57. The molecule has 0 aromatic heterocycles. The summed E-state index contributed by atoms with van der Waals surface area (Å²) in [6.07, 6.45) is 0. The van der Waals surface area contributed by atoms with Crippen molar-refractivity contribution in [3.05, 3.63) is 65.7 Å². The van der Waals surface area contributed by atoms with Crippen LogP contribution in [-0.2, 0) is 10.5 Å². The molecule has 1 amide bonds. The van der Waals surface area contributed by atoms with Gasteiger partial charge in [0.2, 0.25) is 5.67 Å². The maximum absolute atomic E-state index is 15.0. The Labute approximate surface area is 98.1 Å². The first-order chi connectivity index (χ1) is 8.23. The summed E-state index contributed by atoms with van der Waals surface area (Å²) in [6, 6.07) is 15.4. The van der Waals surface area contributed by atoms with Gasteiger partial charge in [0.15, 0.2) is 0 Å². The lowest BCUT2D eigenvalue weighted by atomic mass is 9.89. The molecule has 3 heteroatoms. The Hall–Kier alpha value is -2.16. The predicted molar refractivity (Wildman–Crippen MR) is 63.4 cm³/mol. The van der Waals surface area contributed by atoms with Crippen molar-refractivity contribution < 1.29 is 9.18 Å². The normalized spacial score (nSPS) is 22.1. The Morgan fingerprint density at radius 1 is 0.941 bits per heavy atom. The van der Waals surface area contributed by atoms with E-state index >= 15 is 4.39 Å². The molecule has 1 heterocycles. The molecule has 0 aliphatic carbocycles. The van der Waals surface area contributed by atoms with E-state index in [9.17, 15) is 4.79 Å². The maximum atomic E-state index is 15.0. The summed E-state index contributed by atoms with van der Waals surface area (Å²) in [7, 11) is 0. The zero-order valence-electron chi connectivity index (χ0n) is 8.98. The highest BCUT2D eigenvalue weighted by Gasteiger charge is 2.48. The molecule has 84 valence electrons. The highest BCUT2D eigenvalue weighted by molar-refractivity contribution is 6.07. The molecular formula is C14H10FNO. The van der Waals surface area contributed by atoms with Crippen molar-refractivity contribution in [2.45, 2.75) is 5.67 Å². The molecule has 2 aromatic carbocycles. The van der Waals surface area contributed by atoms with Gasteiger partial charge in [0, 0.05) is 16.8 Å². The van der Waals surface area contributed by atoms with E-state index in [1.807, 2.05) is 0 Å². The topological polar surface area (TPSA) is 29.1 Å². The summed E-state index contributed by atoms with van der Waals surface area (Å²) >= 11 is 0. The fourth-order valence-corrected chi connectivity index (χ4v) is 2.18.